The SMILES string of the molecule is CC(C)c1ccc2c(Nc3cc(-c4ccc(-c5cnc(C6CCCN6C(=O)C(c6ccccc6)N(C)C)[nH]5)cc4)ccc3Sc3ccc(N)cc3)ncnc2n1. The number of rotatable bonds is 11. The minimum Gasteiger partial charge on any atom is -0.399 e. The molecular formula is C45H45N9OS. The number of H-pyrrole nitrogens is 1. The topological polar surface area (TPSA) is 129 Å². The Balaban J connectivity index is 1.05. The van der Waals surface area contributed by atoms with Crippen LogP contribution in [0.4, 0.5) is 17.2 Å². The van der Waals surface area contributed by atoms with Gasteiger partial charge in [0.05, 0.1) is 29.0 Å². The van der Waals surface area contributed by atoms with Gasteiger partial charge in [-0.25, -0.2) is 19.9 Å². The van der Waals surface area contributed by atoms with Crippen molar-refractivity contribution in [1.82, 2.24) is 34.7 Å². The number of nitrogens with zero attached hydrogens (tertiary/aromatic N) is 6. The van der Waals surface area contributed by atoms with E-state index in [-0.39, 0.29) is 18.0 Å². The first-order chi connectivity index (χ1) is 27.2. The molecule has 1 amide bonds. The third-order valence-electron chi connectivity index (χ3n) is 10.3. The number of hydrogen-bond acceptors (Lipinski definition) is 9. The van der Waals surface area contributed by atoms with E-state index < -0.39 is 0 Å². The molecule has 4 aromatic carbocycles. The zero-order valence-electron chi connectivity index (χ0n) is 32.0. The molecule has 282 valence electrons. The predicted molar refractivity (Wildman–Crippen MR) is 226 cm³/mol. The number of amides is 1. The van der Waals surface area contributed by atoms with Crippen LogP contribution in [0.5, 0.6) is 0 Å². The highest BCUT2D eigenvalue weighted by Gasteiger charge is 2.37. The van der Waals surface area contributed by atoms with Gasteiger partial charge >= 0.3 is 0 Å². The zero-order chi connectivity index (χ0) is 38.8. The molecule has 0 bridgehead atoms. The van der Waals surface area contributed by atoms with Crippen molar-refractivity contribution in [3.63, 3.8) is 0 Å². The Morgan fingerprint density at radius 2 is 1.64 bits per heavy atom. The smallest absolute Gasteiger partial charge is 0.245 e. The number of carbonyl (C=O) groups excluding carboxylic acids is 1. The minimum absolute atomic E-state index is 0.0996. The first-order valence-corrected chi connectivity index (χ1v) is 19.8. The largest absolute Gasteiger partial charge is 0.399 e. The molecule has 56 heavy (non-hydrogen) atoms. The number of likely N-dealkylation sites (N-methyl/N-ethyl adjacent to an activating group) is 1. The fraction of sp³-hybridized carbons (Fsp3) is 0.222. The maximum absolute atomic E-state index is 14.0. The molecule has 1 aliphatic heterocycles. The molecule has 0 saturated carbocycles. The van der Waals surface area contributed by atoms with E-state index in [9.17, 15) is 4.79 Å². The van der Waals surface area contributed by atoms with E-state index in [1.807, 2.05) is 96.8 Å². The normalized spacial score (nSPS) is 14.8. The van der Waals surface area contributed by atoms with Gasteiger partial charge in [-0.2, -0.15) is 0 Å². The second-order valence-corrected chi connectivity index (χ2v) is 15.8. The average molecular weight is 760 g/mol. The molecule has 2 atom stereocenters. The third-order valence-corrected chi connectivity index (χ3v) is 11.4. The monoisotopic (exact) mass is 759 g/mol. The van der Waals surface area contributed by atoms with Gasteiger partial charge in [0.25, 0.3) is 0 Å². The lowest BCUT2D eigenvalue weighted by Gasteiger charge is -2.31. The van der Waals surface area contributed by atoms with E-state index in [2.05, 4.69) is 76.6 Å². The van der Waals surface area contributed by atoms with Crippen LogP contribution in [-0.4, -0.2) is 61.3 Å². The van der Waals surface area contributed by atoms with Crippen molar-refractivity contribution in [1.29, 1.82) is 0 Å². The summed E-state index contributed by atoms with van der Waals surface area (Å²) < 4.78 is 0. The predicted octanol–water partition coefficient (Wildman–Crippen LogP) is 9.65. The van der Waals surface area contributed by atoms with Crippen molar-refractivity contribution in [3.8, 4) is 22.4 Å². The van der Waals surface area contributed by atoms with Crippen LogP contribution in [-0.2, 0) is 4.79 Å². The van der Waals surface area contributed by atoms with Gasteiger partial charge in [0.1, 0.15) is 24.0 Å². The number of aromatic nitrogens is 5. The molecule has 4 N–H and O–H groups in total. The molecule has 0 radical (unpaired) electrons. The first kappa shape index (κ1) is 36.9. The molecule has 4 heterocycles. The van der Waals surface area contributed by atoms with E-state index >= 15 is 0 Å². The molecule has 8 rings (SSSR count). The highest BCUT2D eigenvalue weighted by atomic mass is 32.2. The van der Waals surface area contributed by atoms with Gasteiger partial charge in [0.2, 0.25) is 5.91 Å². The van der Waals surface area contributed by atoms with Gasteiger partial charge < -0.3 is 20.9 Å². The number of pyridine rings is 1. The summed E-state index contributed by atoms with van der Waals surface area (Å²) in [4.78, 5) is 42.4. The van der Waals surface area contributed by atoms with Crippen LogP contribution in [0.25, 0.3) is 33.4 Å². The molecule has 2 unspecified atom stereocenters. The van der Waals surface area contributed by atoms with E-state index in [0.29, 0.717) is 23.9 Å². The summed E-state index contributed by atoms with van der Waals surface area (Å²) in [6.45, 7) is 4.96. The van der Waals surface area contributed by atoms with Crippen LogP contribution in [0.2, 0.25) is 0 Å². The number of nitrogens with two attached hydrogens (primary N) is 1. The summed E-state index contributed by atoms with van der Waals surface area (Å²) >= 11 is 1.66. The number of benzene rings is 4. The van der Waals surface area contributed by atoms with Crippen molar-refractivity contribution in [2.75, 3.05) is 31.7 Å². The third kappa shape index (κ3) is 7.73. The van der Waals surface area contributed by atoms with Gasteiger partial charge in [-0.15, -0.1) is 0 Å². The molecule has 7 aromatic rings. The zero-order valence-corrected chi connectivity index (χ0v) is 32.8. The number of imidazole rings is 1. The average Bonchev–Trinajstić information content (AvgIpc) is 3.91. The summed E-state index contributed by atoms with van der Waals surface area (Å²) in [5.74, 6) is 1.90. The number of aromatic amines is 1. The lowest BCUT2D eigenvalue weighted by atomic mass is 10.0. The fourth-order valence-corrected chi connectivity index (χ4v) is 8.21. The van der Waals surface area contributed by atoms with Crippen LogP contribution in [0, 0.1) is 0 Å². The Morgan fingerprint density at radius 3 is 2.39 bits per heavy atom. The lowest BCUT2D eigenvalue weighted by Crippen LogP contribution is -2.40. The van der Waals surface area contributed by atoms with Gasteiger partial charge in [-0.1, -0.05) is 86.3 Å². The molecular weight excluding hydrogens is 715 g/mol. The van der Waals surface area contributed by atoms with Crippen LogP contribution in [0.3, 0.4) is 0 Å². The van der Waals surface area contributed by atoms with Gasteiger partial charge in [0.15, 0.2) is 5.65 Å². The molecule has 1 saturated heterocycles. The van der Waals surface area contributed by atoms with Gasteiger partial charge in [-0.05, 0) is 104 Å². The maximum atomic E-state index is 14.0. The van der Waals surface area contributed by atoms with Crippen LogP contribution < -0.4 is 11.1 Å². The highest BCUT2D eigenvalue weighted by molar-refractivity contribution is 7.99. The van der Waals surface area contributed by atoms with Gasteiger partial charge in [0, 0.05) is 27.7 Å². The number of anilines is 3. The maximum Gasteiger partial charge on any atom is 0.245 e. The molecule has 11 heteroatoms. The molecule has 10 nitrogen and oxygen atoms in total. The quantitative estimate of drug-likeness (QED) is 0.110. The van der Waals surface area contributed by atoms with E-state index in [1.54, 1.807) is 18.1 Å². The lowest BCUT2D eigenvalue weighted by molar-refractivity contribution is -0.137. The summed E-state index contributed by atoms with van der Waals surface area (Å²) in [5, 5.41) is 4.48. The Bertz CT molecular complexity index is 2470. The number of likely N-dealkylation sites (tertiary alicyclic amines) is 1. The number of nitrogens with one attached hydrogen (secondary N) is 2. The second-order valence-electron chi connectivity index (χ2n) is 14.7. The molecule has 0 aliphatic carbocycles. The van der Waals surface area contributed by atoms with E-state index in [1.165, 1.54) is 0 Å². The molecule has 0 spiro atoms. The first-order valence-electron chi connectivity index (χ1n) is 19.0. The van der Waals surface area contributed by atoms with Crippen molar-refractivity contribution >= 4 is 45.9 Å². The van der Waals surface area contributed by atoms with Crippen molar-refractivity contribution in [2.24, 2.45) is 0 Å². The standard InChI is InChI=1S/C45H45N9OS/c1-28(2)36-22-21-35-42(50-36)48-27-49-43(35)51-37-25-32(16-23-40(37)56-34-19-17-33(46)18-20-34)29-12-14-30(15-13-29)38-26-47-44(52-38)39-11-8-24-54(39)45(55)41(53(3)4)31-9-6-5-7-10-31/h5-7,9-10,12-23,25-28,39,41H,8,11,24,46H2,1-4H3,(H,47,52)(H,48,49,50,51). The highest BCUT2D eigenvalue weighted by Crippen LogP contribution is 2.40. The van der Waals surface area contributed by atoms with Crippen molar-refractivity contribution < 1.29 is 4.79 Å². The van der Waals surface area contributed by atoms with Gasteiger partial charge in [-0.3, -0.25) is 9.69 Å². The van der Waals surface area contributed by atoms with Crippen LogP contribution in [0.1, 0.15) is 61.8 Å². The Labute approximate surface area is 331 Å². The number of nitrogen functional groups attached to an aromatic ring is 1. The Kier molecular flexibility index (Phi) is 10.5. The van der Waals surface area contributed by atoms with Crippen molar-refractivity contribution in [2.45, 2.75) is 54.5 Å². The number of fused-ring (bicyclic) bond motifs is 1. The molecule has 1 aliphatic rings. The second kappa shape index (κ2) is 16.0. The summed E-state index contributed by atoms with van der Waals surface area (Å²) in [5.41, 5.74) is 14.3. The Morgan fingerprint density at radius 1 is 0.893 bits per heavy atom. The number of hydrogen-bond donors (Lipinski definition) is 3. The summed E-state index contributed by atoms with van der Waals surface area (Å²) in [6.07, 6.45) is 5.25. The van der Waals surface area contributed by atoms with E-state index in [4.69, 9.17) is 15.7 Å². The minimum atomic E-state index is -0.352. The number of carbonyl (C=O) groups is 1. The Hall–Kier alpha value is -6.04. The van der Waals surface area contributed by atoms with Crippen LogP contribution >= 0.6 is 11.8 Å². The van der Waals surface area contributed by atoms with Crippen LogP contribution in [0.15, 0.2) is 132 Å². The molecule has 1 fully saturated rings. The summed E-state index contributed by atoms with van der Waals surface area (Å²) in [7, 11) is 3.92. The van der Waals surface area contributed by atoms with E-state index in [0.717, 1.165) is 78.9 Å². The van der Waals surface area contributed by atoms with Crippen molar-refractivity contribution in [3.05, 3.63) is 139 Å². The summed E-state index contributed by atoms with van der Waals surface area (Å²) in [6, 6.07) is 36.5. The molecule has 3 aromatic heterocycles. The fourth-order valence-electron chi connectivity index (χ4n) is 7.33.